The van der Waals surface area contributed by atoms with Crippen molar-refractivity contribution in [2.75, 3.05) is 43.9 Å². The fraction of sp³-hybridized carbons (Fsp3) is 0.500. The lowest BCUT2D eigenvalue weighted by Crippen LogP contribution is -2.32. The maximum atomic E-state index is 13.4. The molecular weight excluding hydrogens is 404 g/mol. The van der Waals surface area contributed by atoms with Crippen molar-refractivity contribution in [3.63, 3.8) is 0 Å². The van der Waals surface area contributed by atoms with Gasteiger partial charge in [0, 0.05) is 58.0 Å². The molecule has 3 heterocycles. The first-order valence-corrected chi connectivity index (χ1v) is 11.4. The summed E-state index contributed by atoms with van der Waals surface area (Å²) in [5.74, 6) is 1.31. The Morgan fingerprint density at radius 2 is 1.81 bits per heavy atom. The average molecular weight is 437 g/mol. The summed E-state index contributed by atoms with van der Waals surface area (Å²) in [6.45, 7) is 4.79. The van der Waals surface area contributed by atoms with E-state index in [4.69, 9.17) is 4.98 Å². The van der Waals surface area contributed by atoms with E-state index in [1.165, 1.54) is 25.5 Å². The lowest BCUT2D eigenvalue weighted by Gasteiger charge is -2.25. The highest BCUT2D eigenvalue weighted by Gasteiger charge is 2.33. The molecule has 0 bridgehead atoms. The number of amides is 2. The third kappa shape index (κ3) is 4.69. The SMILES string of the molecule is CNc1cc(CN(C)C(C)=O)nc(C2CCCN2C(=O)c2ccc(N3CCCC3)cc2)n1. The zero-order valence-electron chi connectivity index (χ0n) is 19.2. The highest BCUT2D eigenvalue weighted by Crippen LogP contribution is 2.32. The van der Waals surface area contributed by atoms with Crippen LogP contribution in [0.3, 0.4) is 0 Å². The molecule has 0 aliphatic carbocycles. The van der Waals surface area contributed by atoms with Gasteiger partial charge in [0.05, 0.1) is 18.3 Å². The summed E-state index contributed by atoms with van der Waals surface area (Å²) in [6.07, 6.45) is 4.20. The molecule has 2 saturated heterocycles. The van der Waals surface area contributed by atoms with Crippen LogP contribution in [0.4, 0.5) is 11.5 Å². The zero-order valence-corrected chi connectivity index (χ0v) is 19.2. The monoisotopic (exact) mass is 436 g/mol. The minimum atomic E-state index is -0.171. The predicted octanol–water partition coefficient (Wildman–Crippen LogP) is 3.07. The number of anilines is 2. The number of hydrogen-bond acceptors (Lipinski definition) is 6. The lowest BCUT2D eigenvalue weighted by atomic mass is 10.1. The van der Waals surface area contributed by atoms with Crippen LogP contribution in [-0.2, 0) is 11.3 Å². The van der Waals surface area contributed by atoms with Crippen LogP contribution >= 0.6 is 0 Å². The van der Waals surface area contributed by atoms with Gasteiger partial charge < -0.3 is 20.0 Å². The molecule has 1 atom stereocenters. The maximum Gasteiger partial charge on any atom is 0.254 e. The second-order valence-corrected chi connectivity index (χ2v) is 8.63. The van der Waals surface area contributed by atoms with Crippen LogP contribution < -0.4 is 10.2 Å². The van der Waals surface area contributed by atoms with E-state index in [1.807, 2.05) is 30.1 Å². The molecule has 0 spiro atoms. The lowest BCUT2D eigenvalue weighted by molar-refractivity contribution is -0.128. The molecule has 2 aliphatic heterocycles. The third-order valence-corrected chi connectivity index (χ3v) is 6.39. The summed E-state index contributed by atoms with van der Waals surface area (Å²) in [4.78, 5) is 40.3. The van der Waals surface area contributed by atoms with E-state index in [-0.39, 0.29) is 17.9 Å². The number of rotatable bonds is 6. The molecular formula is C24H32N6O2. The highest BCUT2D eigenvalue weighted by atomic mass is 16.2. The number of aromatic nitrogens is 2. The quantitative estimate of drug-likeness (QED) is 0.750. The van der Waals surface area contributed by atoms with Crippen LogP contribution in [-0.4, -0.2) is 65.3 Å². The molecule has 8 heteroatoms. The van der Waals surface area contributed by atoms with Gasteiger partial charge in [0.15, 0.2) is 5.82 Å². The molecule has 2 aliphatic rings. The van der Waals surface area contributed by atoms with Gasteiger partial charge in [-0.15, -0.1) is 0 Å². The number of carbonyl (C=O) groups excluding carboxylic acids is 2. The Labute approximate surface area is 189 Å². The molecule has 170 valence electrons. The molecule has 0 radical (unpaired) electrons. The minimum absolute atomic E-state index is 0.0151. The topological polar surface area (TPSA) is 81.7 Å². The summed E-state index contributed by atoms with van der Waals surface area (Å²) in [5, 5.41) is 3.08. The highest BCUT2D eigenvalue weighted by molar-refractivity contribution is 5.95. The van der Waals surface area contributed by atoms with E-state index in [2.05, 4.69) is 27.3 Å². The fourth-order valence-corrected chi connectivity index (χ4v) is 4.46. The van der Waals surface area contributed by atoms with Crippen LogP contribution in [0.15, 0.2) is 30.3 Å². The van der Waals surface area contributed by atoms with Gasteiger partial charge in [-0.25, -0.2) is 9.97 Å². The Balaban J connectivity index is 1.55. The second kappa shape index (κ2) is 9.54. The van der Waals surface area contributed by atoms with Gasteiger partial charge >= 0.3 is 0 Å². The van der Waals surface area contributed by atoms with Gasteiger partial charge in [-0.2, -0.15) is 0 Å². The van der Waals surface area contributed by atoms with Crippen molar-refractivity contribution in [3.05, 3.63) is 47.4 Å². The van der Waals surface area contributed by atoms with Gasteiger partial charge in [-0.1, -0.05) is 0 Å². The Morgan fingerprint density at radius 3 is 2.47 bits per heavy atom. The predicted molar refractivity (Wildman–Crippen MR) is 125 cm³/mol. The first-order chi connectivity index (χ1) is 15.5. The number of nitrogens with zero attached hydrogens (tertiary/aromatic N) is 5. The Bertz CT molecular complexity index is 971. The van der Waals surface area contributed by atoms with E-state index in [9.17, 15) is 9.59 Å². The number of hydrogen-bond donors (Lipinski definition) is 1. The van der Waals surface area contributed by atoms with Crippen LogP contribution in [0.2, 0.25) is 0 Å². The zero-order chi connectivity index (χ0) is 22.7. The van der Waals surface area contributed by atoms with E-state index in [1.54, 1.807) is 11.9 Å². The Morgan fingerprint density at radius 1 is 1.09 bits per heavy atom. The molecule has 32 heavy (non-hydrogen) atoms. The van der Waals surface area contributed by atoms with Crippen molar-refractivity contribution in [3.8, 4) is 0 Å². The number of nitrogens with one attached hydrogen (secondary N) is 1. The van der Waals surface area contributed by atoms with Gasteiger partial charge in [0.2, 0.25) is 5.91 Å². The van der Waals surface area contributed by atoms with Crippen molar-refractivity contribution in [1.29, 1.82) is 0 Å². The Kier molecular flexibility index (Phi) is 6.58. The number of carbonyl (C=O) groups is 2. The summed E-state index contributed by atoms with van der Waals surface area (Å²) in [6, 6.07) is 9.65. The van der Waals surface area contributed by atoms with E-state index >= 15 is 0 Å². The molecule has 1 aromatic carbocycles. The molecule has 2 fully saturated rings. The Hall–Kier alpha value is -3.16. The van der Waals surface area contributed by atoms with Gasteiger partial charge in [0.1, 0.15) is 5.82 Å². The van der Waals surface area contributed by atoms with Crippen molar-refractivity contribution in [2.45, 2.75) is 45.2 Å². The van der Waals surface area contributed by atoms with Gasteiger partial charge in [-0.05, 0) is 49.9 Å². The third-order valence-electron chi connectivity index (χ3n) is 6.39. The molecule has 8 nitrogen and oxygen atoms in total. The molecule has 1 N–H and O–H groups in total. The summed E-state index contributed by atoms with van der Waals surface area (Å²) in [7, 11) is 3.56. The normalized spacial score (nSPS) is 18.2. The fourth-order valence-electron chi connectivity index (χ4n) is 4.46. The standard InChI is InChI=1S/C24H32N6O2/c1-17(31)28(3)16-19-15-22(25-2)27-23(26-19)21-7-6-14-30(21)24(32)18-8-10-20(11-9-18)29-12-4-5-13-29/h8-11,15,21H,4-7,12-14,16H2,1-3H3,(H,25,26,27). The smallest absolute Gasteiger partial charge is 0.254 e. The molecule has 2 aromatic rings. The largest absolute Gasteiger partial charge is 0.373 e. The second-order valence-electron chi connectivity index (χ2n) is 8.63. The van der Waals surface area contributed by atoms with Crippen molar-refractivity contribution < 1.29 is 9.59 Å². The number of likely N-dealkylation sites (tertiary alicyclic amines) is 1. The van der Waals surface area contributed by atoms with Crippen LogP contribution in [0.25, 0.3) is 0 Å². The first kappa shape index (κ1) is 22.0. The average Bonchev–Trinajstić information content (AvgIpc) is 3.51. The van der Waals surface area contributed by atoms with Crippen molar-refractivity contribution >= 4 is 23.3 Å². The first-order valence-electron chi connectivity index (χ1n) is 11.4. The van der Waals surface area contributed by atoms with Gasteiger partial charge in [-0.3, -0.25) is 9.59 Å². The summed E-state index contributed by atoms with van der Waals surface area (Å²) >= 11 is 0. The van der Waals surface area contributed by atoms with Crippen molar-refractivity contribution in [2.24, 2.45) is 0 Å². The molecule has 4 rings (SSSR count). The van der Waals surface area contributed by atoms with E-state index in [0.29, 0.717) is 30.3 Å². The molecule has 1 aromatic heterocycles. The minimum Gasteiger partial charge on any atom is -0.373 e. The van der Waals surface area contributed by atoms with E-state index in [0.717, 1.165) is 31.6 Å². The molecule has 2 amide bonds. The van der Waals surface area contributed by atoms with Crippen molar-refractivity contribution in [1.82, 2.24) is 19.8 Å². The maximum absolute atomic E-state index is 13.4. The van der Waals surface area contributed by atoms with Crippen LogP contribution in [0.1, 0.15) is 60.5 Å². The summed E-state index contributed by atoms with van der Waals surface area (Å²) in [5.41, 5.74) is 2.63. The molecule has 0 saturated carbocycles. The summed E-state index contributed by atoms with van der Waals surface area (Å²) < 4.78 is 0. The van der Waals surface area contributed by atoms with Gasteiger partial charge in [0.25, 0.3) is 5.91 Å². The van der Waals surface area contributed by atoms with Crippen LogP contribution in [0, 0.1) is 0 Å². The van der Waals surface area contributed by atoms with Crippen LogP contribution in [0.5, 0.6) is 0 Å². The number of benzene rings is 1. The molecule has 1 unspecified atom stereocenters. The van der Waals surface area contributed by atoms with E-state index < -0.39 is 0 Å².